The lowest BCUT2D eigenvalue weighted by Crippen LogP contribution is -2.07. The molecule has 9 nitrogen and oxygen atoms in total. The number of hydrogen-bond donors (Lipinski definition) is 0. The molecule has 0 amide bonds. The van der Waals surface area contributed by atoms with Crippen LogP contribution in [0.5, 0.6) is 0 Å². The summed E-state index contributed by atoms with van der Waals surface area (Å²) in [7, 11) is 0. The Morgan fingerprint density at radius 3 is 1.84 bits per heavy atom. The maximum absolute atomic E-state index is 10.8. The molecule has 0 saturated heterocycles. The first kappa shape index (κ1) is 12.9. The fraction of sp³-hybridized carbons (Fsp3) is 0.400. The number of hydrogen-bond acceptors (Lipinski definition) is 6. The lowest BCUT2D eigenvalue weighted by Gasteiger charge is -2.00. The van der Waals surface area contributed by atoms with Crippen molar-refractivity contribution in [1.82, 2.24) is 15.0 Å². The highest BCUT2D eigenvalue weighted by Crippen LogP contribution is 2.30. The molecule has 1 aromatic heterocycles. The van der Waals surface area contributed by atoms with E-state index < -0.39 is 21.2 Å². The molecule has 0 atom stereocenters. The van der Waals surface area contributed by atoms with E-state index in [-0.39, 0.29) is 11.0 Å². The van der Waals surface area contributed by atoms with Gasteiger partial charge in [0.1, 0.15) is 11.0 Å². The first-order valence-electron chi connectivity index (χ1n) is 5.56. The van der Waals surface area contributed by atoms with Gasteiger partial charge in [0.15, 0.2) is 0 Å². The zero-order chi connectivity index (χ0) is 14.2. The molecule has 2 aromatic rings. The molecule has 0 saturated carbocycles. The van der Waals surface area contributed by atoms with Gasteiger partial charge in [0.2, 0.25) is 0 Å². The number of nitro groups is 2. The Kier molecular flexibility index (Phi) is 3.11. The van der Waals surface area contributed by atoms with Gasteiger partial charge in [-0.05, 0) is 5.92 Å². The third kappa shape index (κ3) is 2.49. The Balaban J connectivity index is 2.59. The Bertz CT molecular complexity index is 612. The monoisotopic (exact) mass is 265 g/mol. The van der Waals surface area contributed by atoms with Crippen LogP contribution in [0.3, 0.4) is 0 Å². The summed E-state index contributed by atoms with van der Waals surface area (Å²) in [6.45, 7) is 4.48. The molecular formula is C10H11N5O4. The fourth-order valence-electron chi connectivity index (χ4n) is 1.69. The number of fused-ring (bicyclic) bond motifs is 1. The van der Waals surface area contributed by atoms with Crippen LogP contribution in [0.25, 0.3) is 11.0 Å². The van der Waals surface area contributed by atoms with Crippen LogP contribution in [-0.2, 0) is 6.54 Å². The number of nitrogens with zero attached hydrogens (tertiary/aromatic N) is 5. The van der Waals surface area contributed by atoms with E-state index in [0.717, 1.165) is 12.1 Å². The van der Waals surface area contributed by atoms with Gasteiger partial charge < -0.3 is 0 Å². The highest BCUT2D eigenvalue weighted by molar-refractivity contribution is 5.81. The maximum Gasteiger partial charge on any atom is 0.348 e. The first-order chi connectivity index (χ1) is 8.88. The number of benzene rings is 1. The van der Waals surface area contributed by atoms with E-state index in [1.165, 1.54) is 4.80 Å². The van der Waals surface area contributed by atoms with Crippen molar-refractivity contribution in [3.63, 3.8) is 0 Å². The summed E-state index contributed by atoms with van der Waals surface area (Å²) in [5.74, 6) is 0.298. The molecule has 0 fully saturated rings. The van der Waals surface area contributed by atoms with Crippen LogP contribution >= 0.6 is 0 Å². The van der Waals surface area contributed by atoms with Gasteiger partial charge in [-0.25, -0.2) is 0 Å². The van der Waals surface area contributed by atoms with Gasteiger partial charge >= 0.3 is 11.4 Å². The predicted molar refractivity (Wildman–Crippen MR) is 65.7 cm³/mol. The van der Waals surface area contributed by atoms with Crippen LogP contribution in [0.15, 0.2) is 12.1 Å². The standard InChI is InChI=1S/C10H11N5O4/c1-6(2)5-13-11-7-3-9(14(16)17)10(15(18)19)4-8(7)12-13/h3-4,6H,5H2,1-2H3. The van der Waals surface area contributed by atoms with Crippen molar-refractivity contribution in [2.24, 2.45) is 5.92 Å². The van der Waals surface area contributed by atoms with Crippen molar-refractivity contribution in [3.05, 3.63) is 32.4 Å². The molecule has 0 aliphatic carbocycles. The van der Waals surface area contributed by atoms with E-state index in [4.69, 9.17) is 0 Å². The van der Waals surface area contributed by atoms with Gasteiger partial charge in [-0.15, -0.1) is 0 Å². The van der Waals surface area contributed by atoms with Gasteiger partial charge in [-0.2, -0.15) is 15.0 Å². The van der Waals surface area contributed by atoms with Crippen LogP contribution in [0.4, 0.5) is 11.4 Å². The third-order valence-electron chi connectivity index (χ3n) is 2.44. The molecule has 1 aromatic carbocycles. The van der Waals surface area contributed by atoms with Crippen LogP contribution < -0.4 is 0 Å². The van der Waals surface area contributed by atoms with E-state index in [1.807, 2.05) is 13.8 Å². The van der Waals surface area contributed by atoms with Crippen molar-refractivity contribution >= 4 is 22.4 Å². The van der Waals surface area contributed by atoms with Crippen molar-refractivity contribution in [3.8, 4) is 0 Å². The van der Waals surface area contributed by atoms with Gasteiger partial charge in [0.05, 0.1) is 28.5 Å². The average Bonchev–Trinajstić information content (AvgIpc) is 2.66. The van der Waals surface area contributed by atoms with E-state index in [0.29, 0.717) is 12.5 Å². The Morgan fingerprint density at radius 2 is 1.53 bits per heavy atom. The number of nitro benzene ring substituents is 2. The van der Waals surface area contributed by atoms with Gasteiger partial charge in [-0.1, -0.05) is 13.8 Å². The summed E-state index contributed by atoms with van der Waals surface area (Å²) in [4.78, 5) is 21.4. The highest BCUT2D eigenvalue weighted by Gasteiger charge is 2.26. The summed E-state index contributed by atoms with van der Waals surface area (Å²) < 4.78 is 0. The lowest BCUT2D eigenvalue weighted by molar-refractivity contribution is -0.422. The second kappa shape index (κ2) is 4.59. The molecule has 0 spiro atoms. The van der Waals surface area contributed by atoms with Crippen molar-refractivity contribution in [2.45, 2.75) is 20.4 Å². The molecule has 1 heterocycles. The molecule has 19 heavy (non-hydrogen) atoms. The first-order valence-corrected chi connectivity index (χ1v) is 5.56. The van der Waals surface area contributed by atoms with E-state index in [9.17, 15) is 20.2 Å². The zero-order valence-corrected chi connectivity index (χ0v) is 10.3. The predicted octanol–water partition coefficient (Wildman–Crippen LogP) is 1.90. The number of rotatable bonds is 4. The van der Waals surface area contributed by atoms with Crippen molar-refractivity contribution < 1.29 is 9.85 Å². The van der Waals surface area contributed by atoms with E-state index in [2.05, 4.69) is 10.2 Å². The molecule has 2 rings (SSSR count). The second-order valence-electron chi connectivity index (χ2n) is 4.49. The topological polar surface area (TPSA) is 117 Å². The molecule has 0 bridgehead atoms. The van der Waals surface area contributed by atoms with Crippen LogP contribution in [-0.4, -0.2) is 24.8 Å². The molecule has 0 unspecified atom stereocenters. The Labute approximate surface area is 107 Å². The largest absolute Gasteiger partial charge is 0.348 e. The summed E-state index contributed by atoms with van der Waals surface area (Å²) in [6, 6.07) is 2.16. The van der Waals surface area contributed by atoms with Gasteiger partial charge in [-0.3, -0.25) is 20.2 Å². The minimum atomic E-state index is -0.793. The molecule has 0 aliphatic rings. The van der Waals surface area contributed by atoms with Crippen LogP contribution in [0.1, 0.15) is 13.8 Å². The quantitative estimate of drug-likeness (QED) is 0.615. The summed E-state index contributed by atoms with van der Waals surface area (Å²) >= 11 is 0. The van der Waals surface area contributed by atoms with Crippen molar-refractivity contribution in [2.75, 3.05) is 0 Å². The maximum atomic E-state index is 10.8. The zero-order valence-electron chi connectivity index (χ0n) is 10.3. The molecule has 0 N–H and O–H groups in total. The summed E-state index contributed by atoms with van der Waals surface area (Å²) in [5, 5.41) is 29.8. The normalized spacial score (nSPS) is 11.1. The SMILES string of the molecule is CC(C)Cn1nc2cc([N+](=O)[O-])c([N+](=O)[O-])cc2n1. The smallest absolute Gasteiger partial charge is 0.258 e. The molecule has 9 heteroatoms. The Hall–Kier alpha value is -2.58. The minimum Gasteiger partial charge on any atom is -0.258 e. The average molecular weight is 265 g/mol. The Morgan fingerprint density at radius 1 is 1.11 bits per heavy atom. The molecular weight excluding hydrogens is 254 g/mol. The van der Waals surface area contributed by atoms with Gasteiger partial charge in [0.25, 0.3) is 0 Å². The lowest BCUT2D eigenvalue weighted by atomic mass is 10.2. The fourth-order valence-corrected chi connectivity index (χ4v) is 1.69. The second-order valence-corrected chi connectivity index (χ2v) is 4.49. The van der Waals surface area contributed by atoms with Crippen LogP contribution in [0.2, 0.25) is 0 Å². The van der Waals surface area contributed by atoms with E-state index in [1.54, 1.807) is 0 Å². The minimum absolute atomic E-state index is 0.276. The summed E-state index contributed by atoms with van der Waals surface area (Å²) in [5.41, 5.74) is -0.598. The number of aromatic nitrogens is 3. The molecule has 0 aliphatic heterocycles. The molecule has 0 radical (unpaired) electrons. The van der Waals surface area contributed by atoms with Crippen LogP contribution in [0, 0.1) is 26.1 Å². The summed E-state index contributed by atoms with van der Waals surface area (Å²) in [6.07, 6.45) is 0. The third-order valence-corrected chi connectivity index (χ3v) is 2.44. The highest BCUT2D eigenvalue weighted by atomic mass is 16.6. The molecule has 100 valence electrons. The van der Waals surface area contributed by atoms with Crippen molar-refractivity contribution in [1.29, 1.82) is 0 Å². The van der Waals surface area contributed by atoms with E-state index >= 15 is 0 Å². The van der Waals surface area contributed by atoms with Gasteiger partial charge in [0, 0.05) is 0 Å².